The van der Waals surface area contributed by atoms with Crippen LogP contribution < -0.4 is 34.8 Å². The van der Waals surface area contributed by atoms with Crippen molar-refractivity contribution in [3.63, 3.8) is 0 Å². The Bertz CT molecular complexity index is 836. The standard InChI is InChI=1S/C20H25F11O7S.Na/c1-3-5-6-15(4-2)10-36-11(32)9-16(15,39-38-37-34)14(33)35-8-7-17(25,26)20(31,18(27,28)12(21)22)19(29,30)13(23)24;/h12-13,34H,3-10H2,1-2H3;/q;+1/p-1. The van der Waals surface area contributed by atoms with E-state index in [0.717, 1.165) is 0 Å². The van der Waals surface area contributed by atoms with Crippen LogP contribution in [0.25, 0.3) is 0 Å². The number of ether oxygens (including phenoxy) is 2. The van der Waals surface area contributed by atoms with Crippen LogP contribution in [0, 0.1) is 5.41 Å². The van der Waals surface area contributed by atoms with Crippen LogP contribution in [0.5, 0.6) is 0 Å². The molecule has 1 rings (SSSR count). The average molecular weight is 640 g/mol. The summed E-state index contributed by atoms with van der Waals surface area (Å²) in [6.07, 6.45) is -13.9. The molecule has 0 aliphatic carbocycles. The topological polar surface area (TPSA) is 94.1 Å². The van der Waals surface area contributed by atoms with E-state index in [1.54, 1.807) is 6.92 Å². The minimum atomic E-state index is -7.13. The van der Waals surface area contributed by atoms with Gasteiger partial charge in [0.25, 0.3) is 5.92 Å². The Labute approximate surface area is 247 Å². The molecule has 0 saturated carbocycles. The summed E-state index contributed by atoms with van der Waals surface area (Å²) in [6.45, 7) is 0.745. The van der Waals surface area contributed by atoms with E-state index >= 15 is 0 Å². The second-order valence-electron chi connectivity index (χ2n) is 8.72. The smallest absolute Gasteiger partial charge is 0.691 e. The van der Waals surface area contributed by atoms with Crippen LogP contribution in [-0.2, 0) is 28.4 Å². The van der Waals surface area contributed by atoms with Gasteiger partial charge in [0.1, 0.15) is 0 Å². The van der Waals surface area contributed by atoms with Crippen molar-refractivity contribution in [2.45, 2.75) is 93.4 Å². The van der Waals surface area contributed by atoms with Crippen molar-refractivity contribution in [2.24, 2.45) is 5.41 Å². The molecule has 1 heterocycles. The van der Waals surface area contributed by atoms with Crippen LogP contribution in [0.15, 0.2) is 0 Å². The molecule has 0 spiro atoms. The molecule has 0 radical (unpaired) electrons. The number of hydrogen-bond donors (Lipinski definition) is 0. The quantitative estimate of drug-likeness (QED) is 0.0634. The largest absolute Gasteiger partial charge is 1.00 e. The van der Waals surface area contributed by atoms with Crippen molar-refractivity contribution in [3.05, 3.63) is 0 Å². The number of unbranched alkanes of at least 4 members (excludes halogenated alkanes) is 1. The Morgan fingerprint density at radius 2 is 1.57 bits per heavy atom. The zero-order chi connectivity index (χ0) is 30.5. The normalized spacial score (nSPS) is 22.8. The summed E-state index contributed by atoms with van der Waals surface area (Å²) >= 11 is -0.0916. The van der Waals surface area contributed by atoms with Gasteiger partial charge in [0, 0.05) is 11.8 Å². The molecule has 20 heteroatoms. The molecule has 1 aliphatic rings. The predicted molar refractivity (Wildman–Crippen MR) is 107 cm³/mol. The third-order valence-electron chi connectivity index (χ3n) is 6.60. The molecule has 40 heavy (non-hydrogen) atoms. The molecular formula is C20H24F11NaO7S. The second-order valence-corrected chi connectivity index (χ2v) is 9.72. The monoisotopic (exact) mass is 640 g/mol. The van der Waals surface area contributed by atoms with E-state index in [4.69, 9.17) is 4.74 Å². The number of hydrogen-bond acceptors (Lipinski definition) is 8. The summed E-state index contributed by atoms with van der Waals surface area (Å²) in [6, 6.07) is 0. The molecule has 230 valence electrons. The van der Waals surface area contributed by atoms with Gasteiger partial charge in [-0.05, 0) is 12.8 Å². The van der Waals surface area contributed by atoms with Gasteiger partial charge in [0.05, 0.1) is 31.7 Å². The van der Waals surface area contributed by atoms with Gasteiger partial charge >= 0.3 is 71.9 Å². The number of esters is 2. The first kappa shape index (κ1) is 39.4. The molecule has 0 amide bonds. The third kappa shape index (κ3) is 6.96. The van der Waals surface area contributed by atoms with Crippen LogP contribution >= 0.6 is 12.0 Å². The Morgan fingerprint density at radius 1 is 1.05 bits per heavy atom. The van der Waals surface area contributed by atoms with E-state index in [1.807, 2.05) is 0 Å². The molecule has 1 fully saturated rings. The zero-order valence-electron chi connectivity index (χ0n) is 21.2. The molecule has 0 aromatic rings. The summed E-state index contributed by atoms with van der Waals surface area (Å²) in [5.41, 5.74) is -8.56. The summed E-state index contributed by atoms with van der Waals surface area (Å²) in [4.78, 5) is 25.1. The minimum absolute atomic E-state index is 0. The van der Waals surface area contributed by atoms with Gasteiger partial charge in [0.15, 0.2) is 4.75 Å². The fourth-order valence-electron chi connectivity index (χ4n) is 4.21. The van der Waals surface area contributed by atoms with Crippen LogP contribution in [0.4, 0.5) is 48.3 Å². The number of carbonyl (C=O) groups is 2. The fourth-order valence-corrected chi connectivity index (χ4v) is 5.14. The molecule has 0 aromatic heterocycles. The maximum Gasteiger partial charge on any atom is 1.00 e. The van der Waals surface area contributed by atoms with E-state index in [1.165, 1.54) is 6.92 Å². The third-order valence-corrected chi connectivity index (χ3v) is 7.75. The number of alkyl halides is 11. The van der Waals surface area contributed by atoms with Crippen molar-refractivity contribution in [3.8, 4) is 0 Å². The molecule has 1 saturated heterocycles. The van der Waals surface area contributed by atoms with Crippen LogP contribution in [0.1, 0.15) is 52.4 Å². The van der Waals surface area contributed by atoms with E-state index in [9.17, 15) is 63.1 Å². The molecule has 0 bridgehead atoms. The Morgan fingerprint density at radius 3 is 2.00 bits per heavy atom. The van der Waals surface area contributed by atoms with Gasteiger partial charge in [-0.1, -0.05) is 26.7 Å². The maximum atomic E-state index is 14.6. The predicted octanol–water partition coefficient (Wildman–Crippen LogP) is 2.21. The fraction of sp³-hybridized carbons (Fsp3) is 0.900. The first-order chi connectivity index (χ1) is 17.8. The molecule has 0 N–H and O–H groups in total. The van der Waals surface area contributed by atoms with Crippen LogP contribution in [0.3, 0.4) is 0 Å². The van der Waals surface area contributed by atoms with Crippen molar-refractivity contribution in [1.29, 1.82) is 0 Å². The number of halogens is 11. The maximum absolute atomic E-state index is 14.6. The average Bonchev–Trinajstić information content (AvgIpc) is 2.85. The molecular weight excluding hydrogens is 616 g/mol. The first-order valence-electron chi connectivity index (χ1n) is 11.2. The molecule has 2 atom stereocenters. The Hall–Kier alpha value is -0.600. The summed E-state index contributed by atoms with van der Waals surface area (Å²) in [7, 11) is 0. The van der Waals surface area contributed by atoms with Gasteiger partial charge < -0.3 is 14.7 Å². The number of rotatable bonds is 16. The van der Waals surface area contributed by atoms with Crippen molar-refractivity contribution < 1.29 is 112 Å². The van der Waals surface area contributed by atoms with Gasteiger partial charge in [-0.15, -0.1) is 0 Å². The summed E-state index contributed by atoms with van der Waals surface area (Å²) in [5, 5.41) is 13.7. The molecule has 2 unspecified atom stereocenters. The van der Waals surface area contributed by atoms with E-state index in [2.05, 4.69) is 14.1 Å². The van der Waals surface area contributed by atoms with Gasteiger partial charge in [0.2, 0.25) is 0 Å². The van der Waals surface area contributed by atoms with Crippen LogP contribution in [0.2, 0.25) is 0 Å². The van der Waals surface area contributed by atoms with Crippen LogP contribution in [-0.4, -0.2) is 66.2 Å². The Kier molecular flexibility index (Phi) is 14.5. The van der Waals surface area contributed by atoms with Gasteiger partial charge in [-0.2, -0.15) is 21.9 Å². The first-order valence-corrected chi connectivity index (χ1v) is 11.9. The molecule has 7 nitrogen and oxygen atoms in total. The molecule has 0 aromatic carbocycles. The summed E-state index contributed by atoms with van der Waals surface area (Å²) in [5.74, 6) is -23.1. The van der Waals surface area contributed by atoms with Gasteiger partial charge in [-0.3, -0.25) is 14.6 Å². The Balaban J connectivity index is 0.0000152. The number of cyclic esters (lactones) is 1. The number of carbonyl (C=O) groups excluding carboxylic acids is 2. The van der Waals surface area contributed by atoms with E-state index in [-0.39, 0.29) is 54.4 Å². The van der Waals surface area contributed by atoms with E-state index < -0.39 is 84.4 Å². The van der Waals surface area contributed by atoms with Crippen molar-refractivity contribution in [1.82, 2.24) is 0 Å². The summed E-state index contributed by atoms with van der Waals surface area (Å²) < 4.78 is 160. The van der Waals surface area contributed by atoms with Gasteiger partial charge in [-0.25, -0.2) is 30.7 Å². The van der Waals surface area contributed by atoms with Crippen molar-refractivity contribution in [2.75, 3.05) is 13.2 Å². The zero-order valence-corrected chi connectivity index (χ0v) is 24.1. The SMILES string of the molecule is CCCCC1(CC)COC(=O)CC1(SOO[O-])C(=O)OCCC(F)(F)C(F)(C(F)(F)C(F)F)C(F)(F)C(F)F.[Na+]. The van der Waals surface area contributed by atoms with Crippen molar-refractivity contribution >= 4 is 24.0 Å². The van der Waals surface area contributed by atoms with E-state index in [0.29, 0.717) is 12.8 Å². The second kappa shape index (κ2) is 14.7. The minimum Gasteiger partial charge on any atom is -0.691 e. The molecule has 1 aliphatic heterocycles.